The molecule has 1 aromatic heterocycles. The van der Waals surface area contributed by atoms with Crippen molar-refractivity contribution in [3.05, 3.63) is 42.0 Å². The van der Waals surface area contributed by atoms with Crippen molar-refractivity contribution in [3.63, 3.8) is 0 Å². The third-order valence-electron chi connectivity index (χ3n) is 3.32. The molecule has 1 saturated heterocycles. The van der Waals surface area contributed by atoms with Gasteiger partial charge in [0.25, 0.3) is 0 Å². The predicted octanol–water partition coefficient (Wildman–Crippen LogP) is 2.72. The Kier molecular flexibility index (Phi) is 4.52. The van der Waals surface area contributed by atoms with Crippen molar-refractivity contribution >= 4 is 11.8 Å². The number of H-pyrrole nitrogens is 1. The first kappa shape index (κ1) is 14.5. The van der Waals surface area contributed by atoms with Gasteiger partial charge < -0.3 is 9.47 Å². The number of thioether (sulfide) groups is 1. The summed E-state index contributed by atoms with van der Waals surface area (Å²) < 4.78 is 24.7. The maximum atomic E-state index is 13.1. The fourth-order valence-corrected chi connectivity index (χ4v) is 3.07. The van der Waals surface area contributed by atoms with E-state index in [2.05, 4.69) is 15.2 Å². The van der Waals surface area contributed by atoms with Gasteiger partial charge in [0.2, 0.25) is 0 Å². The number of aromatic amines is 1. The average molecular weight is 309 g/mol. The van der Waals surface area contributed by atoms with E-state index in [1.165, 1.54) is 18.5 Å². The van der Waals surface area contributed by atoms with Crippen LogP contribution in [0.4, 0.5) is 4.39 Å². The van der Waals surface area contributed by atoms with Crippen LogP contribution in [0.25, 0.3) is 0 Å². The van der Waals surface area contributed by atoms with Gasteiger partial charge in [0.05, 0.1) is 13.2 Å². The Morgan fingerprint density at radius 3 is 2.67 bits per heavy atom. The molecule has 3 rings (SSSR count). The lowest BCUT2D eigenvalue weighted by atomic mass is 10.0. The van der Waals surface area contributed by atoms with Gasteiger partial charge in [-0.3, -0.25) is 5.10 Å². The Morgan fingerprint density at radius 1 is 1.24 bits per heavy atom. The van der Waals surface area contributed by atoms with Crippen molar-refractivity contribution in [3.8, 4) is 0 Å². The molecule has 0 radical (unpaired) electrons. The summed E-state index contributed by atoms with van der Waals surface area (Å²) in [5.74, 6) is -0.117. The lowest BCUT2D eigenvalue weighted by molar-refractivity contribution is -0.170. The first-order valence-electron chi connectivity index (χ1n) is 6.81. The lowest BCUT2D eigenvalue weighted by Crippen LogP contribution is -2.27. The second-order valence-corrected chi connectivity index (χ2v) is 5.78. The van der Waals surface area contributed by atoms with Gasteiger partial charge in [-0.1, -0.05) is 23.9 Å². The van der Waals surface area contributed by atoms with Crippen LogP contribution in [-0.4, -0.2) is 34.1 Å². The zero-order valence-electron chi connectivity index (χ0n) is 11.4. The second-order valence-electron chi connectivity index (χ2n) is 4.70. The maximum Gasteiger partial charge on any atom is 0.195 e. The third-order valence-corrected chi connectivity index (χ3v) is 4.28. The lowest BCUT2D eigenvalue weighted by Gasteiger charge is -2.27. The van der Waals surface area contributed by atoms with Crippen molar-refractivity contribution < 1.29 is 13.9 Å². The molecule has 2 heterocycles. The van der Waals surface area contributed by atoms with E-state index in [4.69, 9.17) is 9.47 Å². The van der Waals surface area contributed by atoms with Gasteiger partial charge in [0.1, 0.15) is 12.1 Å². The van der Waals surface area contributed by atoms with Gasteiger partial charge in [-0.15, -0.1) is 0 Å². The molecule has 1 N–H and O–H groups in total. The first-order valence-corrected chi connectivity index (χ1v) is 7.79. The largest absolute Gasteiger partial charge is 0.343 e. The molecule has 0 aliphatic carbocycles. The van der Waals surface area contributed by atoms with E-state index in [0.29, 0.717) is 13.2 Å². The van der Waals surface area contributed by atoms with Crippen molar-refractivity contribution in [2.45, 2.75) is 23.8 Å². The highest BCUT2D eigenvalue weighted by molar-refractivity contribution is 7.99. The number of hydrogen-bond donors (Lipinski definition) is 1. The molecular formula is C14H16FN3O2S. The normalized spacial score (nSPS) is 17.2. The number of benzene rings is 1. The number of hydrogen-bond acceptors (Lipinski definition) is 5. The number of nitrogens with one attached hydrogen (secondary N) is 1. The molecule has 1 aromatic carbocycles. The Labute approximate surface area is 126 Å². The van der Waals surface area contributed by atoms with Crippen LogP contribution >= 0.6 is 11.8 Å². The SMILES string of the molecule is Fc1ccc(C2(CCCSc3ncn[nH]3)OCCO2)cc1. The fraction of sp³-hybridized carbons (Fsp3) is 0.429. The van der Waals surface area contributed by atoms with Crippen molar-refractivity contribution in [2.75, 3.05) is 19.0 Å². The molecule has 1 aliphatic rings. The summed E-state index contributed by atoms with van der Waals surface area (Å²) >= 11 is 1.61. The minimum Gasteiger partial charge on any atom is -0.343 e. The minimum absolute atomic E-state index is 0.257. The summed E-state index contributed by atoms with van der Waals surface area (Å²) in [7, 11) is 0. The van der Waals surface area contributed by atoms with E-state index in [9.17, 15) is 4.39 Å². The third kappa shape index (κ3) is 3.42. The number of nitrogens with zero attached hydrogens (tertiary/aromatic N) is 2. The first-order chi connectivity index (χ1) is 10.3. The maximum absolute atomic E-state index is 13.1. The zero-order valence-corrected chi connectivity index (χ0v) is 12.2. The van der Waals surface area contributed by atoms with Crippen LogP contribution < -0.4 is 0 Å². The van der Waals surface area contributed by atoms with Crippen LogP contribution in [0.2, 0.25) is 0 Å². The molecule has 0 spiro atoms. The molecule has 7 heteroatoms. The van der Waals surface area contributed by atoms with E-state index in [1.807, 2.05) is 0 Å². The fourth-order valence-electron chi connectivity index (χ4n) is 2.35. The van der Waals surface area contributed by atoms with Gasteiger partial charge in [-0.25, -0.2) is 9.37 Å². The molecule has 0 atom stereocenters. The predicted molar refractivity (Wildman–Crippen MR) is 76.3 cm³/mol. The standard InChI is InChI=1S/C14H16FN3O2S/c15-12-4-2-11(3-5-12)14(19-7-8-20-14)6-1-9-21-13-16-10-17-18-13/h2-5,10H,1,6-9H2,(H,16,17,18). The van der Waals surface area contributed by atoms with Crippen LogP contribution in [-0.2, 0) is 15.3 Å². The summed E-state index contributed by atoms with van der Waals surface area (Å²) in [4.78, 5) is 4.06. The monoisotopic (exact) mass is 309 g/mol. The highest BCUT2D eigenvalue weighted by Crippen LogP contribution is 2.36. The highest BCUT2D eigenvalue weighted by Gasteiger charge is 2.37. The van der Waals surface area contributed by atoms with Crippen molar-refractivity contribution in [1.29, 1.82) is 0 Å². The molecule has 0 bridgehead atoms. The Morgan fingerprint density at radius 2 is 2.00 bits per heavy atom. The molecular weight excluding hydrogens is 293 g/mol. The Bertz CT molecular complexity index is 556. The van der Waals surface area contributed by atoms with Gasteiger partial charge in [0.15, 0.2) is 10.9 Å². The van der Waals surface area contributed by atoms with Crippen LogP contribution in [0.15, 0.2) is 35.7 Å². The zero-order chi connectivity index (χ0) is 14.5. The molecule has 0 amide bonds. The quantitative estimate of drug-likeness (QED) is 0.657. The van der Waals surface area contributed by atoms with E-state index < -0.39 is 5.79 Å². The Balaban J connectivity index is 1.60. The smallest absolute Gasteiger partial charge is 0.195 e. The molecule has 1 aliphatic heterocycles. The molecule has 5 nitrogen and oxygen atoms in total. The van der Waals surface area contributed by atoms with E-state index in [0.717, 1.165) is 29.3 Å². The van der Waals surface area contributed by atoms with Crippen LogP contribution in [0, 0.1) is 5.82 Å². The topological polar surface area (TPSA) is 60.0 Å². The van der Waals surface area contributed by atoms with E-state index >= 15 is 0 Å². The summed E-state index contributed by atoms with van der Waals surface area (Å²) in [5, 5.41) is 7.42. The summed E-state index contributed by atoms with van der Waals surface area (Å²) in [6.07, 6.45) is 3.11. The average Bonchev–Trinajstić information content (AvgIpc) is 3.17. The Hall–Kier alpha value is -1.44. The van der Waals surface area contributed by atoms with E-state index in [-0.39, 0.29) is 5.82 Å². The van der Waals surface area contributed by atoms with E-state index in [1.54, 1.807) is 23.9 Å². The molecule has 21 heavy (non-hydrogen) atoms. The molecule has 1 fully saturated rings. The molecule has 0 saturated carbocycles. The second kappa shape index (κ2) is 6.55. The summed E-state index contributed by atoms with van der Waals surface area (Å²) in [6, 6.07) is 6.32. The van der Waals surface area contributed by atoms with Gasteiger partial charge in [0, 0.05) is 17.7 Å². The molecule has 0 unspecified atom stereocenters. The summed E-state index contributed by atoms with van der Waals surface area (Å²) in [6.45, 7) is 1.12. The van der Waals surface area contributed by atoms with Crippen molar-refractivity contribution in [2.24, 2.45) is 0 Å². The van der Waals surface area contributed by atoms with Crippen LogP contribution in [0.1, 0.15) is 18.4 Å². The number of rotatable bonds is 6. The number of aromatic nitrogens is 3. The van der Waals surface area contributed by atoms with Crippen molar-refractivity contribution in [1.82, 2.24) is 15.2 Å². The number of ether oxygens (including phenoxy) is 2. The molecule has 112 valence electrons. The van der Waals surface area contributed by atoms with Crippen LogP contribution in [0.3, 0.4) is 0 Å². The minimum atomic E-state index is -0.740. The molecule has 2 aromatic rings. The van der Waals surface area contributed by atoms with Crippen LogP contribution in [0.5, 0.6) is 0 Å². The van der Waals surface area contributed by atoms with Gasteiger partial charge >= 0.3 is 0 Å². The van der Waals surface area contributed by atoms with Gasteiger partial charge in [-0.05, 0) is 18.6 Å². The van der Waals surface area contributed by atoms with Gasteiger partial charge in [-0.2, -0.15) is 5.10 Å². The number of halogens is 1. The summed E-state index contributed by atoms with van der Waals surface area (Å²) in [5.41, 5.74) is 0.867. The highest BCUT2D eigenvalue weighted by atomic mass is 32.2.